The van der Waals surface area contributed by atoms with Crippen LogP contribution in [0, 0.1) is 24.7 Å². The molecule has 0 atom stereocenters. The highest BCUT2D eigenvalue weighted by Gasteiger charge is 2.09. The SMILES string of the molecule is C#Cc1cc(CO)cc(C#C)c1OCCCCCCCCCCCCCCCC. The maximum Gasteiger partial charge on any atom is 0.150 e. The molecule has 0 saturated carbocycles. The first-order valence-corrected chi connectivity index (χ1v) is 11.6. The molecular formula is C27H40O2. The van der Waals surface area contributed by atoms with Crippen molar-refractivity contribution < 1.29 is 9.84 Å². The third kappa shape index (κ3) is 11.0. The van der Waals surface area contributed by atoms with Crippen molar-refractivity contribution in [2.75, 3.05) is 6.61 Å². The highest BCUT2D eigenvalue weighted by molar-refractivity contribution is 5.57. The van der Waals surface area contributed by atoms with E-state index in [1.165, 1.54) is 83.5 Å². The van der Waals surface area contributed by atoms with E-state index in [4.69, 9.17) is 17.6 Å². The van der Waals surface area contributed by atoms with Crippen LogP contribution in [0.5, 0.6) is 5.75 Å². The van der Waals surface area contributed by atoms with Crippen LogP contribution in [0.15, 0.2) is 12.1 Å². The number of aliphatic hydroxyl groups excluding tert-OH is 1. The van der Waals surface area contributed by atoms with Crippen LogP contribution >= 0.6 is 0 Å². The molecule has 0 aliphatic carbocycles. The molecule has 1 rings (SSSR count). The Balaban J connectivity index is 2.07. The van der Waals surface area contributed by atoms with E-state index in [0.29, 0.717) is 23.5 Å². The van der Waals surface area contributed by atoms with Crippen molar-refractivity contribution in [3.8, 4) is 30.4 Å². The van der Waals surface area contributed by atoms with Gasteiger partial charge < -0.3 is 9.84 Å². The predicted molar refractivity (Wildman–Crippen MR) is 124 cm³/mol. The Labute approximate surface area is 179 Å². The fraction of sp³-hybridized carbons (Fsp3) is 0.630. The molecule has 0 unspecified atom stereocenters. The molecule has 0 radical (unpaired) electrons. The maximum absolute atomic E-state index is 9.31. The first-order valence-electron chi connectivity index (χ1n) is 11.6. The Morgan fingerprint density at radius 3 is 1.52 bits per heavy atom. The molecular weight excluding hydrogens is 356 g/mol. The molecule has 0 saturated heterocycles. The van der Waals surface area contributed by atoms with E-state index >= 15 is 0 Å². The van der Waals surface area contributed by atoms with Gasteiger partial charge in [-0.2, -0.15) is 0 Å². The van der Waals surface area contributed by atoms with Crippen LogP contribution in [0.2, 0.25) is 0 Å². The van der Waals surface area contributed by atoms with Gasteiger partial charge in [0.15, 0.2) is 5.75 Å². The van der Waals surface area contributed by atoms with Gasteiger partial charge in [-0.1, -0.05) is 102 Å². The zero-order valence-electron chi connectivity index (χ0n) is 18.5. The second-order valence-electron chi connectivity index (χ2n) is 7.91. The average Bonchev–Trinajstić information content (AvgIpc) is 2.75. The summed E-state index contributed by atoms with van der Waals surface area (Å²) in [5, 5.41) is 9.31. The van der Waals surface area contributed by atoms with Gasteiger partial charge >= 0.3 is 0 Å². The molecule has 0 bridgehead atoms. The summed E-state index contributed by atoms with van der Waals surface area (Å²) in [6.07, 6.45) is 29.8. The third-order valence-electron chi connectivity index (χ3n) is 5.39. The Morgan fingerprint density at radius 2 is 1.14 bits per heavy atom. The molecule has 2 heteroatoms. The van der Waals surface area contributed by atoms with Crippen molar-refractivity contribution >= 4 is 0 Å². The highest BCUT2D eigenvalue weighted by Crippen LogP contribution is 2.25. The smallest absolute Gasteiger partial charge is 0.150 e. The van der Waals surface area contributed by atoms with Crippen molar-refractivity contribution in [2.24, 2.45) is 0 Å². The second kappa shape index (κ2) is 17.0. The normalized spacial score (nSPS) is 10.5. The number of unbranched alkanes of at least 4 members (excludes halogenated alkanes) is 13. The fourth-order valence-corrected chi connectivity index (χ4v) is 3.62. The van der Waals surface area contributed by atoms with E-state index < -0.39 is 0 Å². The second-order valence-corrected chi connectivity index (χ2v) is 7.91. The summed E-state index contributed by atoms with van der Waals surface area (Å²) >= 11 is 0. The van der Waals surface area contributed by atoms with Gasteiger partial charge in [-0.25, -0.2) is 0 Å². The Morgan fingerprint density at radius 1 is 0.724 bits per heavy atom. The Kier molecular flexibility index (Phi) is 14.7. The molecule has 0 aliphatic heterocycles. The first-order chi connectivity index (χ1) is 14.3. The zero-order chi connectivity index (χ0) is 21.2. The summed E-state index contributed by atoms with van der Waals surface area (Å²) in [5.74, 6) is 5.83. The summed E-state index contributed by atoms with van der Waals surface area (Å²) in [6, 6.07) is 3.53. The minimum absolute atomic E-state index is 0.0808. The molecule has 1 aromatic rings. The highest BCUT2D eigenvalue weighted by atomic mass is 16.5. The molecule has 1 N–H and O–H groups in total. The van der Waals surface area contributed by atoms with Gasteiger partial charge in [-0.05, 0) is 24.1 Å². The van der Waals surface area contributed by atoms with E-state index in [-0.39, 0.29) is 6.61 Å². The molecule has 0 spiro atoms. The van der Waals surface area contributed by atoms with Crippen molar-refractivity contribution in [2.45, 2.75) is 103 Å². The van der Waals surface area contributed by atoms with Gasteiger partial charge in [0.1, 0.15) is 0 Å². The van der Waals surface area contributed by atoms with Gasteiger partial charge in [0.25, 0.3) is 0 Å². The van der Waals surface area contributed by atoms with Gasteiger partial charge in [0.05, 0.1) is 24.3 Å². The lowest BCUT2D eigenvalue weighted by Crippen LogP contribution is -2.02. The van der Waals surface area contributed by atoms with Crippen LogP contribution in [0.25, 0.3) is 0 Å². The van der Waals surface area contributed by atoms with Crippen LogP contribution in [0.1, 0.15) is 114 Å². The lowest BCUT2D eigenvalue weighted by Gasteiger charge is -2.12. The van der Waals surface area contributed by atoms with Crippen LogP contribution in [-0.2, 0) is 6.61 Å². The molecule has 0 amide bonds. The number of terminal acetylenes is 2. The Bertz CT molecular complexity index is 598. The van der Waals surface area contributed by atoms with Crippen molar-refractivity contribution in [3.05, 3.63) is 28.8 Å². The maximum atomic E-state index is 9.31. The minimum Gasteiger partial charge on any atom is -0.491 e. The van der Waals surface area contributed by atoms with Crippen LogP contribution in [0.3, 0.4) is 0 Å². The molecule has 0 aliphatic rings. The molecule has 2 nitrogen and oxygen atoms in total. The first kappa shape index (κ1) is 25.1. The molecule has 1 aromatic carbocycles. The van der Waals surface area contributed by atoms with Gasteiger partial charge in [-0.15, -0.1) is 12.8 Å². The summed E-state index contributed by atoms with van der Waals surface area (Å²) in [7, 11) is 0. The number of hydrogen-bond acceptors (Lipinski definition) is 2. The zero-order valence-corrected chi connectivity index (χ0v) is 18.5. The largest absolute Gasteiger partial charge is 0.491 e. The average molecular weight is 397 g/mol. The van der Waals surface area contributed by atoms with Crippen molar-refractivity contribution in [3.63, 3.8) is 0 Å². The topological polar surface area (TPSA) is 29.5 Å². The lowest BCUT2D eigenvalue weighted by atomic mass is 10.0. The number of ether oxygens (including phenoxy) is 1. The minimum atomic E-state index is -0.0808. The monoisotopic (exact) mass is 396 g/mol. The van der Waals surface area contributed by atoms with Crippen molar-refractivity contribution in [1.29, 1.82) is 0 Å². The predicted octanol–water partition coefficient (Wildman–Crippen LogP) is 7.00. The van der Waals surface area contributed by atoms with E-state index in [1.54, 1.807) is 12.1 Å². The van der Waals surface area contributed by atoms with E-state index in [1.807, 2.05) is 0 Å². The summed E-state index contributed by atoms with van der Waals surface area (Å²) in [6.45, 7) is 2.82. The number of aliphatic hydroxyl groups is 1. The molecule has 29 heavy (non-hydrogen) atoms. The van der Waals surface area contributed by atoms with Crippen LogP contribution in [0.4, 0.5) is 0 Å². The Hall–Kier alpha value is -1.90. The molecule has 0 aromatic heterocycles. The lowest BCUT2D eigenvalue weighted by molar-refractivity contribution is 0.280. The van der Waals surface area contributed by atoms with Gasteiger partial charge in [0, 0.05) is 0 Å². The van der Waals surface area contributed by atoms with E-state index in [2.05, 4.69) is 18.8 Å². The molecule has 160 valence electrons. The van der Waals surface area contributed by atoms with Crippen LogP contribution < -0.4 is 4.74 Å². The van der Waals surface area contributed by atoms with Crippen LogP contribution in [-0.4, -0.2) is 11.7 Å². The third-order valence-corrected chi connectivity index (χ3v) is 5.39. The molecule has 0 fully saturated rings. The summed E-state index contributed by atoms with van der Waals surface area (Å²) < 4.78 is 5.89. The number of hydrogen-bond donors (Lipinski definition) is 1. The quantitative estimate of drug-likeness (QED) is 0.227. The number of rotatable bonds is 17. The standard InChI is InChI=1S/C27H40O2/c1-4-7-8-9-10-11-12-13-14-15-16-17-18-19-20-29-27-25(5-2)21-24(23-28)22-26(27)6-3/h2-3,21-22,28H,4,7-20,23H2,1H3. The fourth-order valence-electron chi connectivity index (χ4n) is 3.62. The number of benzene rings is 1. The van der Waals surface area contributed by atoms with Crippen molar-refractivity contribution in [1.82, 2.24) is 0 Å². The van der Waals surface area contributed by atoms with Gasteiger partial charge in [0.2, 0.25) is 0 Å². The summed E-state index contributed by atoms with van der Waals surface area (Å²) in [4.78, 5) is 0. The van der Waals surface area contributed by atoms with E-state index in [0.717, 1.165) is 12.0 Å². The van der Waals surface area contributed by atoms with E-state index in [9.17, 15) is 5.11 Å². The molecule has 0 heterocycles. The van der Waals surface area contributed by atoms with Gasteiger partial charge in [-0.3, -0.25) is 0 Å². The summed E-state index contributed by atoms with van der Waals surface area (Å²) in [5.41, 5.74) is 1.96.